The van der Waals surface area contributed by atoms with Crippen molar-refractivity contribution in [2.24, 2.45) is 0 Å². The van der Waals surface area contributed by atoms with Gasteiger partial charge in [0.2, 0.25) is 5.91 Å². The molecule has 0 saturated heterocycles. The summed E-state index contributed by atoms with van der Waals surface area (Å²) in [7, 11) is 1.81. The molecule has 2 aromatic rings. The van der Waals surface area contributed by atoms with Crippen molar-refractivity contribution in [2.45, 2.75) is 26.3 Å². The van der Waals surface area contributed by atoms with Gasteiger partial charge < -0.3 is 10.2 Å². The van der Waals surface area contributed by atoms with Crippen LogP contribution in [0, 0.1) is 6.92 Å². The van der Waals surface area contributed by atoms with Crippen molar-refractivity contribution < 1.29 is 9.59 Å². The molecule has 0 aliphatic rings. The third-order valence-electron chi connectivity index (χ3n) is 4.05. The summed E-state index contributed by atoms with van der Waals surface area (Å²) in [4.78, 5) is 25.9. The Labute approximate surface area is 153 Å². The number of hydrogen-bond acceptors (Lipinski definition) is 2. The highest BCUT2D eigenvalue weighted by Gasteiger charge is 2.11. The fourth-order valence-electron chi connectivity index (χ4n) is 2.47. The Morgan fingerprint density at radius 2 is 1.76 bits per heavy atom. The second kappa shape index (κ2) is 9.23. The van der Waals surface area contributed by atoms with E-state index in [0.29, 0.717) is 36.5 Å². The highest BCUT2D eigenvalue weighted by Crippen LogP contribution is 2.11. The molecule has 0 aliphatic carbocycles. The molecule has 2 aromatic carbocycles. The molecule has 0 aliphatic heterocycles. The van der Waals surface area contributed by atoms with E-state index in [1.54, 1.807) is 36.2 Å². The van der Waals surface area contributed by atoms with Crippen LogP contribution in [0.1, 0.15) is 34.3 Å². The average Bonchev–Trinajstić information content (AvgIpc) is 2.60. The summed E-state index contributed by atoms with van der Waals surface area (Å²) in [6, 6.07) is 14.8. The van der Waals surface area contributed by atoms with Gasteiger partial charge in [0.15, 0.2) is 0 Å². The van der Waals surface area contributed by atoms with Crippen LogP contribution in [0.25, 0.3) is 0 Å². The summed E-state index contributed by atoms with van der Waals surface area (Å²) in [5.74, 6) is -0.0821. The fraction of sp³-hybridized carbons (Fsp3) is 0.300. The van der Waals surface area contributed by atoms with Crippen LogP contribution >= 0.6 is 11.6 Å². The first-order valence-corrected chi connectivity index (χ1v) is 8.67. The highest BCUT2D eigenvalue weighted by molar-refractivity contribution is 6.30. The predicted octanol–water partition coefficient (Wildman–Crippen LogP) is 3.82. The smallest absolute Gasteiger partial charge is 0.251 e. The van der Waals surface area contributed by atoms with Gasteiger partial charge in [-0.1, -0.05) is 35.9 Å². The number of nitrogens with one attached hydrogen (secondary N) is 1. The summed E-state index contributed by atoms with van der Waals surface area (Å²) < 4.78 is 0. The van der Waals surface area contributed by atoms with Crippen LogP contribution in [0.5, 0.6) is 0 Å². The molecule has 25 heavy (non-hydrogen) atoms. The molecule has 2 amide bonds. The second-order valence-electron chi connectivity index (χ2n) is 6.04. The van der Waals surface area contributed by atoms with Gasteiger partial charge in [-0.3, -0.25) is 9.59 Å². The lowest BCUT2D eigenvalue weighted by Gasteiger charge is -2.18. The summed E-state index contributed by atoms with van der Waals surface area (Å²) in [6.07, 6.45) is 1.01. The van der Waals surface area contributed by atoms with E-state index in [0.717, 1.165) is 5.56 Å². The largest absolute Gasteiger partial charge is 0.352 e. The van der Waals surface area contributed by atoms with Crippen molar-refractivity contribution >= 4 is 23.4 Å². The van der Waals surface area contributed by atoms with Crippen LogP contribution in [0.3, 0.4) is 0 Å². The number of aryl methyl sites for hydroxylation is 1. The standard InChI is InChI=1S/C20H23ClN2O2/c1-15-6-3-4-7-17(15)14-23(2)19(24)8-5-13-22-20(25)16-9-11-18(21)12-10-16/h3-4,6-7,9-12H,5,8,13-14H2,1-2H3,(H,22,25). The highest BCUT2D eigenvalue weighted by atomic mass is 35.5. The van der Waals surface area contributed by atoms with Gasteiger partial charge in [-0.05, 0) is 48.7 Å². The summed E-state index contributed by atoms with van der Waals surface area (Å²) in [6.45, 7) is 3.11. The maximum absolute atomic E-state index is 12.2. The summed E-state index contributed by atoms with van der Waals surface area (Å²) in [5, 5.41) is 3.41. The van der Waals surface area contributed by atoms with Gasteiger partial charge in [0.25, 0.3) is 5.91 Å². The molecule has 0 radical (unpaired) electrons. The van der Waals surface area contributed by atoms with E-state index >= 15 is 0 Å². The zero-order valence-corrected chi connectivity index (χ0v) is 15.3. The molecule has 1 N–H and O–H groups in total. The number of amides is 2. The Kier molecular flexibility index (Phi) is 7.02. The molecule has 4 nitrogen and oxygen atoms in total. The first-order chi connectivity index (χ1) is 12.0. The first kappa shape index (κ1) is 19.0. The number of carbonyl (C=O) groups excluding carboxylic acids is 2. The molecule has 0 atom stereocenters. The van der Waals surface area contributed by atoms with E-state index in [4.69, 9.17) is 11.6 Å². The maximum Gasteiger partial charge on any atom is 0.251 e. The lowest BCUT2D eigenvalue weighted by molar-refractivity contribution is -0.130. The second-order valence-corrected chi connectivity index (χ2v) is 6.48. The third-order valence-corrected chi connectivity index (χ3v) is 4.31. The van der Waals surface area contributed by atoms with Gasteiger partial charge >= 0.3 is 0 Å². The number of halogens is 1. The molecular formula is C20H23ClN2O2. The van der Waals surface area contributed by atoms with Crippen molar-refractivity contribution in [1.82, 2.24) is 10.2 Å². The topological polar surface area (TPSA) is 49.4 Å². The van der Waals surface area contributed by atoms with Gasteiger partial charge in [0, 0.05) is 37.1 Å². The van der Waals surface area contributed by atoms with E-state index in [1.165, 1.54) is 5.56 Å². The number of rotatable bonds is 7. The van der Waals surface area contributed by atoms with Gasteiger partial charge in [-0.15, -0.1) is 0 Å². The lowest BCUT2D eigenvalue weighted by Crippen LogP contribution is -2.29. The Morgan fingerprint density at radius 1 is 1.08 bits per heavy atom. The molecule has 0 heterocycles. The van der Waals surface area contributed by atoms with Crippen molar-refractivity contribution in [3.05, 3.63) is 70.2 Å². The van der Waals surface area contributed by atoms with Gasteiger partial charge in [-0.25, -0.2) is 0 Å². The van der Waals surface area contributed by atoms with Gasteiger partial charge in [0.05, 0.1) is 0 Å². The minimum Gasteiger partial charge on any atom is -0.352 e. The predicted molar refractivity (Wildman–Crippen MR) is 101 cm³/mol. The van der Waals surface area contributed by atoms with E-state index in [1.807, 2.05) is 31.2 Å². The van der Waals surface area contributed by atoms with E-state index in [-0.39, 0.29) is 11.8 Å². The summed E-state index contributed by atoms with van der Waals surface area (Å²) >= 11 is 5.80. The van der Waals surface area contributed by atoms with Crippen LogP contribution in [0.15, 0.2) is 48.5 Å². The van der Waals surface area contributed by atoms with Crippen molar-refractivity contribution in [2.75, 3.05) is 13.6 Å². The molecule has 0 aromatic heterocycles. The van der Waals surface area contributed by atoms with Crippen LogP contribution in [-0.2, 0) is 11.3 Å². The molecule has 132 valence electrons. The number of hydrogen-bond donors (Lipinski definition) is 1. The Morgan fingerprint density at radius 3 is 2.44 bits per heavy atom. The Hall–Kier alpha value is -2.33. The average molecular weight is 359 g/mol. The Bertz CT molecular complexity index is 729. The monoisotopic (exact) mass is 358 g/mol. The quantitative estimate of drug-likeness (QED) is 0.765. The minimum atomic E-state index is -0.155. The first-order valence-electron chi connectivity index (χ1n) is 8.29. The molecule has 0 spiro atoms. The minimum absolute atomic E-state index is 0.0731. The van der Waals surface area contributed by atoms with Gasteiger partial charge in [-0.2, -0.15) is 0 Å². The van der Waals surface area contributed by atoms with Crippen molar-refractivity contribution in [1.29, 1.82) is 0 Å². The number of carbonyl (C=O) groups is 2. The van der Waals surface area contributed by atoms with Crippen LogP contribution in [-0.4, -0.2) is 30.3 Å². The third kappa shape index (κ3) is 5.91. The fourth-order valence-corrected chi connectivity index (χ4v) is 2.59. The zero-order valence-electron chi connectivity index (χ0n) is 14.6. The molecule has 0 saturated carbocycles. The maximum atomic E-state index is 12.2. The molecule has 5 heteroatoms. The van der Waals surface area contributed by atoms with E-state index in [2.05, 4.69) is 5.32 Å². The summed E-state index contributed by atoms with van der Waals surface area (Å²) in [5.41, 5.74) is 2.89. The molecule has 0 fully saturated rings. The SMILES string of the molecule is Cc1ccccc1CN(C)C(=O)CCCNC(=O)c1ccc(Cl)cc1. The lowest BCUT2D eigenvalue weighted by atomic mass is 10.1. The molecular weight excluding hydrogens is 336 g/mol. The van der Waals surface area contributed by atoms with Crippen LogP contribution in [0.4, 0.5) is 0 Å². The molecule has 0 unspecified atom stereocenters. The van der Waals surface area contributed by atoms with Crippen LogP contribution < -0.4 is 5.32 Å². The van der Waals surface area contributed by atoms with Crippen LogP contribution in [0.2, 0.25) is 5.02 Å². The normalized spacial score (nSPS) is 10.4. The van der Waals surface area contributed by atoms with E-state index in [9.17, 15) is 9.59 Å². The van der Waals surface area contributed by atoms with Gasteiger partial charge in [0.1, 0.15) is 0 Å². The Balaban J connectivity index is 1.72. The zero-order chi connectivity index (χ0) is 18.2. The van der Waals surface area contributed by atoms with E-state index < -0.39 is 0 Å². The number of nitrogens with zero attached hydrogens (tertiary/aromatic N) is 1. The van der Waals surface area contributed by atoms with Crippen molar-refractivity contribution in [3.8, 4) is 0 Å². The molecule has 2 rings (SSSR count). The number of benzene rings is 2. The molecule has 0 bridgehead atoms. The van der Waals surface area contributed by atoms with Crippen molar-refractivity contribution in [3.63, 3.8) is 0 Å².